The number of hydrogen-bond donors (Lipinski definition) is 1. The summed E-state index contributed by atoms with van der Waals surface area (Å²) in [4.78, 5) is 0. The van der Waals surface area contributed by atoms with Crippen LogP contribution in [0.25, 0.3) is 0 Å². The molecule has 1 unspecified atom stereocenters. The molecule has 0 aliphatic heterocycles. The molecule has 2 aromatic rings. The summed E-state index contributed by atoms with van der Waals surface area (Å²) in [6, 6.07) is 15.5. The molecule has 0 spiro atoms. The third-order valence-electron chi connectivity index (χ3n) is 2.55. The first kappa shape index (κ1) is 12.6. The molecular formula is C15H15FO2. The minimum Gasteiger partial charge on any atom is -0.491 e. The molecular weight excluding hydrogens is 231 g/mol. The van der Waals surface area contributed by atoms with Crippen molar-refractivity contribution in [2.75, 3.05) is 6.61 Å². The molecule has 18 heavy (non-hydrogen) atoms. The van der Waals surface area contributed by atoms with E-state index in [2.05, 4.69) is 0 Å². The van der Waals surface area contributed by atoms with Crippen LogP contribution in [0, 0.1) is 5.82 Å². The first-order valence-corrected chi connectivity index (χ1v) is 5.84. The Morgan fingerprint density at radius 2 is 1.83 bits per heavy atom. The van der Waals surface area contributed by atoms with Crippen LogP contribution in [0.1, 0.15) is 5.56 Å². The van der Waals surface area contributed by atoms with Crippen LogP contribution in [0.5, 0.6) is 5.75 Å². The molecule has 3 heteroatoms. The minimum absolute atomic E-state index is 0.195. The number of aliphatic hydroxyl groups is 1. The standard InChI is InChI=1S/C15H15FO2/c16-13-6-4-5-12(9-13)10-14(17)11-18-15-7-2-1-3-8-15/h1-9,14,17H,10-11H2. The molecule has 2 nitrogen and oxygen atoms in total. The highest BCUT2D eigenvalue weighted by molar-refractivity contribution is 5.21. The average Bonchev–Trinajstić information content (AvgIpc) is 2.38. The lowest BCUT2D eigenvalue weighted by molar-refractivity contribution is 0.107. The van der Waals surface area contributed by atoms with E-state index >= 15 is 0 Å². The second-order valence-corrected chi connectivity index (χ2v) is 4.11. The van der Waals surface area contributed by atoms with E-state index in [0.29, 0.717) is 6.42 Å². The summed E-state index contributed by atoms with van der Waals surface area (Å²) in [5, 5.41) is 9.81. The fourth-order valence-electron chi connectivity index (χ4n) is 1.70. The quantitative estimate of drug-likeness (QED) is 0.879. The second kappa shape index (κ2) is 6.17. The summed E-state index contributed by atoms with van der Waals surface area (Å²) in [5.74, 6) is 0.430. The largest absolute Gasteiger partial charge is 0.491 e. The van der Waals surface area contributed by atoms with Crippen LogP contribution in [-0.2, 0) is 6.42 Å². The van der Waals surface area contributed by atoms with E-state index in [1.165, 1.54) is 12.1 Å². The van der Waals surface area contributed by atoms with Gasteiger partial charge in [-0.1, -0.05) is 30.3 Å². The van der Waals surface area contributed by atoms with Crippen molar-refractivity contribution in [2.45, 2.75) is 12.5 Å². The highest BCUT2D eigenvalue weighted by Gasteiger charge is 2.07. The Morgan fingerprint density at radius 1 is 1.06 bits per heavy atom. The van der Waals surface area contributed by atoms with Gasteiger partial charge in [-0.2, -0.15) is 0 Å². The lowest BCUT2D eigenvalue weighted by Gasteiger charge is -2.12. The topological polar surface area (TPSA) is 29.5 Å². The fraction of sp³-hybridized carbons (Fsp3) is 0.200. The van der Waals surface area contributed by atoms with Crippen molar-refractivity contribution < 1.29 is 14.2 Å². The van der Waals surface area contributed by atoms with Gasteiger partial charge in [0.25, 0.3) is 0 Å². The maximum atomic E-state index is 13.0. The van der Waals surface area contributed by atoms with E-state index in [1.807, 2.05) is 30.3 Å². The van der Waals surface area contributed by atoms with Gasteiger partial charge in [0.05, 0.1) is 6.10 Å². The molecule has 0 aliphatic rings. The molecule has 2 aromatic carbocycles. The van der Waals surface area contributed by atoms with Crippen molar-refractivity contribution in [3.63, 3.8) is 0 Å². The Balaban J connectivity index is 1.84. The van der Waals surface area contributed by atoms with Gasteiger partial charge in [0.2, 0.25) is 0 Å². The van der Waals surface area contributed by atoms with Gasteiger partial charge >= 0.3 is 0 Å². The maximum Gasteiger partial charge on any atom is 0.123 e. The molecule has 0 saturated carbocycles. The Hall–Kier alpha value is -1.87. The van der Waals surface area contributed by atoms with Crippen molar-refractivity contribution >= 4 is 0 Å². The highest BCUT2D eigenvalue weighted by Crippen LogP contribution is 2.11. The lowest BCUT2D eigenvalue weighted by Crippen LogP contribution is -2.20. The SMILES string of the molecule is OC(COc1ccccc1)Cc1cccc(F)c1. The second-order valence-electron chi connectivity index (χ2n) is 4.11. The minimum atomic E-state index is -0.646. The molecule has 0 aliphatic carbocycles. The predicted molar refractivity (Wildman–Crippen MR) is 68.0 cm³/mol. The van der Waals surface area contributed by atoms with Crippen LogP contribution < -0.4 is 4.74 Å². The summed E-state index contributed by atoms with van der Waals surface area (Å²) in [7, 11) is 0. The van der Waals surface area contributed by atoms with Gasteiger partial charge in [0.1, 0.15) is 18.2 Å². The summed E-state index contributed by atoms with van der Waals surface area (Å²) >= 11 is 0. The Labute approximate surface area is 106 Å². The van der Waals surface area contributed by atoms with E-state index in [-0.39, 0.29) is 12.4 Å². The number of hydrogen-bond acceptors (Lipinski definition) is 2. The van der Waals surface area contributed by atoms with Gasteiger partial charge in [-0.15, -0.1) is 0 Å². The van der Waals surface area contributed by atoms with Crippen molar-refractivity contribution in [1.29, 1.82) is 0 Å². The number of benzene rings is 2. The van der Waals surface area contributed by atoms with Gasteiger partial charge in [-0.25, -0.2) is 4.39 Å². The monoisotopic (exact) mass is 246 g/mol. The van der Waals surface area contributed by atoms with Gasteiger partial charge in [0.15, 0.2) is 0 Å². The van der Waals surface area contributed by atoms with Crippen molar-refractivity contribution in [3.8, 4) is 5.75 Å². The molecule has 0 amide bonds. The van der Waals surface area contributed by atoms with Crippen molar-refractivity contribution in [1.82, 2.24) is 0 Å². The van der Waals surface area contributed by atoms with Crippen LogP contribution in [0.15, 0.2) is 54.6 Å². The summed E-state index contributed by atoms with van der Waals surface area (Å²) in [6.07, 6.45) is -0.267. The number of halogens is 1. The van der Waals surface area contributed by atoms with Gasteiger partial charge in [0, 0.05) is 6.42 Å². The number of aliphatic hydroxyl groups excluding tert-OH is 1. The zero-order chi connectivity index (χ0) is 12.8. The van der Waals surface area contributed by atoms with Crippen LogP contribution >= 0.6 is 0 Å². The Morgan fingerprint density at radius 3 is 2.56 bits per heavy atom. The molecule has 0 saturated heterocycles. The molecule has 0 fully saturated rings. The third-order valence-corrected chi connectivity index (χ3v) is 2.55. The lowest BCUT2D eigenvalue weighted by atomic mass is 10.1. The molecule has 0 bridgehead atoms. The molecule has 0 heterocycles. The van der Waals surface area contributed by atoms with E-state index in [4.69, 9.17) is 4.74 Å². The maximum absolute atomic E-state index is 13.0. The van der Waals surface area contributed by atoms with Crippen LogP contribution in [0.4, 0.5) is 4.39 Å². The Kier molecular flexibility index (Phi) is 4.31. The van der Waals surface area contributed by atoms with Gasteiger partial charge in [-0.3, -0.25) is 0 Å². The zero-order valence-corrected chi connectivity index (χ0v) is 9.92. The van der Waals surface area contributed by atoms with E-state index in [1.54, 1.807) is 12.1 Å². The van der Waals surface area contributed by atoms with E-state index < -0.39 is 6.10 Å². The van der Waals surface area contributed by atoms with E-state index in [0.717, 1.165) is 11.3 Å². The summed E-state index contributed by atoms with van der Waals surface area (Å²) < 4.78 is 18.4. The average molecular weight is 246 g/mol. The van der Waals surface area contributed by atoms with Crippen LogP contribution in [0.2, 0.25) is 0 Å². The van der Waals surface area contributed by atoms with Crippen LogP contribution in [0.3, 0.4) is 0 Å². The molecule has 1 atom stereocenters. The van der Waals surface area contributed by atoms with Crippen LogP contribution in [-0.4, -0.2) is 17.8 Å². The molecule has 0 radical (unpaired) electrons. The number of ether oxygens (including phenoxy) is 1. The highest BCUT2D eigenvalue weighted by atomic mass is 19.1. The zero-order valence-electron chi connectivity index (χ0n) is 9.92. The predicted octanol–water partition coefficient (Wildman–Crippen LogP) is 2.81. The first-order valence-electron chi connectivity index (χ1n) is 5.84. The normalized spacial score (nSPS) is 12.1. The van der Waals surface area contributed by atoms with Crippen molar-refractivity contribution in [2.24, 2.45) is 0 Å². The third kappa shape index (κ3) is 3.86. The molecule has 94 valence electrons. The fourth-order valence-corrected chi connectivity index (χ4v) is 1.70. The molecule has 1 N–H and O–H groups in total. The summed E-state index contributed by atoms with van der Waals surface area (Å²) in [5.41, 5.74) is 0.763. The molecule has 2 rings (SSSR count). The molecule has 0 aromatic heterocycles. The van der Waals surface area contributed by atoms with E-state index in [9.17, 15) is 9.50 Å². The smallest absolute Gasteiger partial charge is 0.123 e. The Bertz CT molecular complexity index is 485. The summed E-state index contributed by atoms with van der Waals surface area (Å²) in [6.45, 7) is 0.195. The van der Waals surface area contributed by atoms with Gasteiger partial charge < -0.3 is 9.84 Å². The number of para-hydroxylation sites is 1. The van der Waals surface area contributed by atoms with Crippen molar-refractivity contribution in [3.05, 3.63) is 66.0 Å². The van der Waals surface area contributed by atoms with Gasteiger partial charge in [-0.05, 0) is 29.8 Å². The number of rotatable bonds is 5. The first-order chi connectivity index (χ1) is 8.74.